The molecule has 2 rings (SSSR count). The number of piperidine rings is 1. The third-order valence-corrected chi connectivity index (χ3v) is 3.60. The maximum atomic E-state index is 12.8. The van der Waals surface area contributed by atoms with Crippen LogP contribution in [-0.2, 0) is 16.0 Å². The number of carbonyl (C=O) groups excluding carboxylic acids is 1. The van der Waals surface area contributed by atoms with E-state index in [0.29, 0.717) is 6.42 Å². The van der Waals surface area contributed by atoms with Crippen molar-refractivity contribution in [2.24, 2.45) is 0 Å². The number of hydrogen-bond donors (Lipinski definition) is 2. The molecule has 0 saturated carbocycles. The molecular formula is C16H23FN2O2. The zero-order chi connectivity index (χ0) is 15.1. The molecule has 0 radical (unpaired) electrons. The van der Waals surface area contributed by atoms with Crippen LogP contribution in [0.1, 0.15) is 25.3 Å². The summed E-state index contributed by atoms with van der Waals surface area (Å²) in [7, 11) is 0. The number of ether oxygens (including phenoxy) is 1. The molecule has 116 valence electrons. The number of halogens is 1. The molecule has 1 unspecified atom stereocenters. The number of nitrogens with one attached hydrogen (secondary N) is 2. The van der Waals surface area contributed by atoms with Crippen LogP contribution in [0.3, 0.4) is 0 Å². The average Bonchev–Trinajstić information content (AvgIpc) is 2.48. The summed E-state index contributed by atoms with van der Waals surface area (Å²) in [5, 5.41) is 6.17. The van der Waals surface area contributed by atoms with Gasteiger partial charge in [0.1, 0.15) is 12.4 Å². The van der Waals surface area contributed by atoms with Gasteiger partial charge in [-0.3, -0.25) is 4.79 Å². The lowest BCUT2D eigenvalue weighted by molar-refractivity contribution is -0.128. The third kappa shape index (κ3) is 5.81. The summed E-state index contributed by atoms with van der Waals surface area (Å²) in [4.78, 5) is 11.8. The van der Waals surface area contributed by atoms with Crippen LogP contribution in [0.4, 0.5) is 4.39 Å². The van der Waals surface area contributed by atoms with Gasteiger partial charge in [0, 0.05) is 6.04 Å². The van der Waals surface area contributed by atoms with Crippen molar-refractivity contribution in [3.8, 4) is 0 Å². The fourth-order valence-electron chi connectivity index (χ4n) is 2.50. The van der Waals surface area contributed by atoms with Gasteiger partial charge in [0.05, 0.1) is 6.10 Å². The van der Waals surface area contributed by atoms with Crippen molar-refractivity contribution in [2.45, 2.75) is 38.3 Å². The first-order valence-corrected chi connectivity index (χ1v) is 7.49. The van der Waals surface area contributed by atoms with E-state index >= 15 is 0 Å². The minimum absolute atomic E-state index is 0.000385. The Morgan fingerprint density at radius 1 is 1.38 bits per heavy atom. The fourth-order valence-corrected chi connectivity index (χ4v) is 2.50. The minimum Gasteiger partial charge on any atom is -0.368 e. The van der Waals surface area contributed by atoms with Crippen LogP contribution < -0.4 is 10.6 Å². The van der Waals surface area contributed by atoms with Gasteiger partial charge in [-0.15, -0.1) is 0 Å². The number of benzene rings is 1. The van der Waals surface area contributed by atoms with Gasteiger partial charge >= 0.3 is 0 Å². The monoisotopic (exact) mass is 294 g/mol. The Hall–Kier alpha value is -1.46. The summed E-state index contributed by atoms with van der Waals surface area (Å²) < 4.78 is 18.4. The quantitative estimate of drug-likeness (QED) is 0.838. The summed E-state index contributed by atoms with van der Waals surface area (Å²) in [6.45, 7) is 3.95. The van der Waals surface area contributed by atoms with Gasteiger partial charge in [-0.25, -0.2) is 4.39 Å². The van der Waals surface area contributed by atoms with Crippen LogP contribution in [0.15, 0.2) is 24.3 Å². The number of rotatable bonds is 6. The van der Waals surface area contributed by atoms with Gasteiger partial charge in [-0.2, -0.15) is 0 Å². The van der Waals surface area contributed by atoms with E-state index in [1.807, 2.05) is 6.92 Å². The first-order valence-electron chi connectivity index (χ1n) is 7.49. The van der Waals surface area contributed by atoms with E-state index in [0.717, 1.165) is 31.5 Å². The fraction of sp³-hybridized carbons (Fsp3) is 0.562. The maximum absolute atomic E-state index is 12.8. The molecule has 0 spiro atoms. The average molecular weight is 294 g/mol. The molecule has 1 aromatic rings. The zero-order valence-corrected chi connectivity index (χ0v) is 12.4. The molecule has 5 heteroatoms. The smallest absolute Gasteiger partial charge is 0.246 e. The van der Waals surface area contributed by atoms with Gasteiger partial charge in [0.25, 0.3) is 0 Å². The molecule has 1 aliphatic rings. The van der Waals surface area contributed by atoms with Crippen molar-refractivity contribution in [3.63, 3.8) is 0 Å². The molecule has 2 N–H and O–H groups in total. The van der Waals surface area contributed by atoms with Crippen LogP contribution in [0.25, 0.3) is 0 Å². The van der Waals surface area contributed by atoms with Gasteiger partial charge in [-0.05, 0) is 57.0 Å². The second-order valence-corrected chi connectivity index (χ2v) is 5.56. The molecule has 1 amide bonds. The molecule has 0 aliphatic carbocycles. The lowest BCUT2D eigenvalue weighted by atomic mass is 10.1. The summed E-state index contributed by atoms with van der Waals surface area (Å²) >= 11 is 0. The second-order valence-electron chi connectivity index (χ2n) is 5.56. The van der Waals surface area contributed by atoms with E-state index in [1.54, 1.807) is 12.1 Å². The van der Waals surface area contributed by atoms with Crippen LogP contribution in [0.2, 0.25) is 0 Å². The van der Waals surface area contributed by atoms with E-state index in [-0.39, 0.29) is 30.5 Å². The number of amides is 1. The molecule has 1 heterocycles. The molecule has 0 aromatic heterocycles. The van der Waals surface area contributed by atoms with Crippen LogP contribution >= 0.6 is 0 Å². The molecule has 21 heavy (non-hydrogen) atoms. The Balaban J connectivity index is 1.67. The van der Waals surface area contributed by atoms with Crippen molar-refractivity contribution in [1.29, 1.82) is 0 Å². The first-order chi connectivity index (χ1) is 10.1. The minimum atomic E-state index is -0.245. The van der Waals surface area contributed by atoms with Crippen LogP contribution in [0.5, 0.6) is 0 Å². The van der Waals surface area contributed by atoms with Gasteiger partial charge in [0.15, 0.2) is 0 Å². The Labute approximate surface area is 125 Å². The highest BCUT2D eigenvalue weighted by Crippen LogP contribution is 2.07. The van der Waals surface area contributed by atoms with E-state index < -0.39 is 0 Å². The van der Waals surface area contributed by atoms with Crippen molar-refractivity contribution < 1.29 is 13.9 Å². The second kappa shape index (κ2) is 8.10. The lowest BCUT2D eigenvalue weighted by Gasteiger charge is -2.23. The van der Waals surface area contributed by atoms with E-state index in [4.69, 9.17) is 4.74 Å². The Morgan fingerprint density at radius 2 is 2.05 bits per heavy atom. The standard InChI is InChI=1S/C16H23FN2O2/c1-12(10-13-2-4-14(17)5-3-13)19-16(20)11-21-15-6-8-18-9-7-15/h2-5,12,15,18H,6-11H2,1H3,(H,19,20). The summed E-state index contributed by atoms with van der Waals surface area (Å²) in [6.07, 6.45) is 2.78. The van der Waals surface area contributed by atoms with Crippen molar-refractivity contribution >= 4 is 5.91 Å². The highest BCUT2D eigenvalue weighted by Gasteiger charge is 2.15. The summed E-state index contributed by atoms with van der Waals surface area (Å²) in [6, 6.07) is 6.35. The SMILES string of the molecule is CC(Cc1ccc(F)cc1)NC(=O)COC1CCNCC1. The maximum Gasteiger partial charge on any atom is 0.246 e. The molecule has 1 atom stereocenters. The largest absolute Gasteiger partial charge is 0.368 e. The predicted octanol–water partition coefficient (Wildman–Crippen LogP) is 1.64. The van der Waals surface area contributed by atoms with E-state index in [2.05, 4.69) is 10.6 Å². The van der Waals surface area contributed by atoms with Crippen molar-refractivity contribution in [1.82, 2.24) is 10.6 Å². The molecule has 1 aromatic carbocycles. The molecule has 1 saturated heterocycles. The number of carbonyl (C=O) groups is 1. The summed E-state index contributed by atoms with van der Waals surface area (Å²) in [5.41, 5.74) is 1.00. The van der Waals surface area contributed by atoms with Crippen molar-refractivity contribution in [2.75, 3.05) is 19.7 Å². The molecule has 1 aliphatic heterocycles. The Bertz CT molecular complexity index is 444. The highest BCUT2D eigenvalue weighted by molar-refractivity contribution is 5.77. The van der Waals surface area contributed by atoms with Crippen molar-refractivity contribution in [3.05, 3.63) is 35.6 Å². The predicted molar refractivity (Wildman–Crippen MR) is 79.6 cm³/mol. The Morgan fingerprint density at radius 3 is 2.71 bits per heavy atom. The number of hydrogen-bond acceptors (Lipinski definition) is 3. The summed E-state index contributed by atoms with van der Waals surface area (Å²) in [5.74, 6) is -0.339. The van der Waals surface area contributed by atoms with Gasteiger partial charge in [-0.1, -0.05) is 12.1 Å². The zero-order valence-electron chi connectivity index (χ0n) is 12.4. The molecular weight excluding hydrogens is 271 g/mol. The molecule has 4 nitrogen and oxygen atoms in total. The third-order valence-electron chi connectivity index (χ3n) is 3.60. The van der Waals surface area contributed by atoms with Crippen LogP contribution in [0, 0.1) is 5.82 Å². The lowest BCUT2D eigenvalue weighted by Crippen LogP contribution is -2.39. The highest BCUT2D eigenvalue weighted by atomic mass is 19.1. The molecule has 0 bridgehead atoms. The Kier molecular flexibility index (Phi) is 6.14. The van der Waals surface area contributed by atoms with E-state index in [1.165, 1.54) is 12.1 Å². The first kappa shape index (κ1) is 15.9. The van der Waals surface area contributed by atoms with Crippen LogP contribution in [-0.4, -0.2) is 37.7 Å². The van der Waals surface area contributed by atoms with Gasteiger partial charge < -0.3 is 15.4 Å². The normalized spacial score (nSPS) is 17.4. The van der Waals surface area contributed by atoms with Gasteiger partial charge in [0.2, 0.25) is 5.91 Å². The topological polar surface area (TPSA) is 50.4 Å². The van der Waals surface area contributed by atoms with E-state index in [9.17, 15) is 9.18 Å². The molecule has 1 fully saturated rings.